The first-order valence-electron chi connectivity index (χ1n) is 4.87. The standard InChI is InChI=1S/C11H18N2O/c1-9(2)10-5-6-13(14)11(7-10)8-12(3)4/h5-7,9H,8H2,1-4H3. The zero-order valence-electron chi connectivity index (χ0n) is 9.32. The van der Waals surface area contributed by atoms with Crippen molar-refractivity contribution in [3.05, 3.63) is 34.8 Å². The van der Waals surface area contributed by atoms with Crippen molar-refractivity contribution in [2.24, 2.45) is 0 Å². The highest BCUT2D eigenvalue weighted by atomic mass is 16.5. The van der Waals surface area contributed by atoms with Gasteiger partial charge in [0.1, 0.15) is 0 Å². The Morgan fingerprint density at radius 1 is 1.43 bits per heavy atom. The summed E-state index contributed by atoms with van der Waals surface area (Å²) in [5.74, 6) is 0.470. The van der Waals surface area contributed by atoms with Crippen LogP contribution in [-0.2, 0) is 6.54 Å². The van der Waals surface area contributed by atoms with Crippen LogP contribution < -0.4 is 4.73 Å². The fraction of sp³-hybridized carbons (Fsp3) is 0.545. The minimum Gasteiger partial charge on any atom is -0.618 e. The maximum Gasteiger partial charge on any atom is 0.207 e. The summed E-state index contributed by atoms with van der Waals surface area (Å²) < 4.78 is 0.936. The summed E-state index contributed by atoms with van der Waals surface area (Å²) in [5, 5.41) is 11.4. The zero-order chi connectivity index (χ0) is 10.7. The lowest BCUT2D eigenvalue weighted by Gasteiger charge is -2.12. The first kappa shape index (κ1) is 11.0. The Morgan fingerprint density at radius 2 is 2.07 bits per heavy atom. The highest BCUT2D eigenvalue weighted by Gasteiger charge is 2.09. The Bertz CT molecular complexity index is 308. The Kier molecular flexibility index (Phi) is 3.47. The summed E-state index contributed by atoms with van der Waals surface area (Å²) >= 11 is 0. The van der Waals surface area contributed by atoms with Crippen LogP contribution in [0, 0.1) is 5.21 Å². The fourth-order valence-corrected chi connectivity index (χ4v) is 1.35. The molecule has 0 unspecified atom stereocenters. The SMILES string of the molecule is CC(C)c1cc[n+]([O-])c(CN(C)C)c1. The van der Waals surface area contributed by atoms with Gasteiger partial charge in [0, 0.05) is 12.1 Å². The molecule has 0 aliphatic carbocycles. The zero-order valence-corrected chi connectivity index (χ0v) is 9.32. The third-order valence-corrected chi connectivity index (χ3v) is 2.16. The van der Waals surface area contributed by atoms with Crippen molar-refractivity contribution in [1.82, 2.24) is 4.90 Å². The fourth-order valence-electron chi connectivity index (χ4n) is 1.35. The van der Waals surface area contributed by atoms with Gasteiger partial charge in [0.25, 0.3) is 0 Å². The monoisotopic (exact) mass is 194 g/mol. The van der Waals surface area contributed by atoms with Crippen LogP contribution in [0.4, 0.5) is 0 Å². The van der Waals surface area contributed by atoms with Crippen molar-refractivity contribution in [2.75, 3.05) is 14.1 Å². The molecule has 78 valence electrons. The van der Waals surface area contributed by atoms with Gasteiger partial charge in [0.2, 0.25) is 5.69 Å². The van der Waals surface area contributed by atoms with Gasteiger partial charge in [-0.05, 0) is 25.6 Å². The second kappa shape index (κ2) is 4.42. The molecule has 1 aromatic heterocycles. The van der Waals surface area contributed by atoms with E-state index in [4.69, 9.17) is 0 Å². The first-order chi connectivity index (χ1) is 6.50. The Hall–Kier alpha value is -1.09. The van der Waals surface area contributed by atoms with Gasteiger partial charge in [-0.25, -0.2) is 0 Å². The van der Waals surface area contributed by atoms with Crippen LogP contribution in [0.1, 0.15) is 31.0 Å². The number of nitrogens with zero attached hydrogens (tertiary/aromatic N) is 2. The predicted octanol–water partition coefficient (Wildman–Crippen LogP) is 1.51. The molecule has 0 saturated heterocycles. The third-order valence-electron chi connectivity index (χ3n) is 2.16. The highest BCUT2D eigenvalue weighted by molar-refractivity contribution is 5.16. The van der Waals surface area contributed by atoms with Crippen molar-refractivity contribution in [1.29, 1.82) is 0 Å². The molecule has 0 aliphatic rings. The van der Waals surface area contributed by atoms with Crippen LogP contribution in [0.3, 0.4) is 0 Å². The van der Waals surface area contributed by atoms with Crippen LogP contribution in [0.15, 0.2) is 18.3 Å². The van der Waals surface area contributed by atoms with Gasteiger partial charge in [-0.15, -0.1) is 0 Å². The average molecular weight is 194 g/mol. The van der Waals surface area contributed by atoms with E-state index in [-0.39, 0.29) is 0 Å². The second-order valence-electron chi connectivity index (χ2n) is 4.17. The highest BCUT2D eigenvalue weighted by Crippen LogP contribution is 2.13. The van der Waals surface area contributed by atoms with E-state index in [0.717, 1.165) is 10.4 Å². The van der Waals surface area contributed by atoms with Crippen LogP contribution in [-0.4, -0.2) is 19.0 Å². The van der Waals surface area contributed by atoms with Crippen molar-refractivity contribution < 1.29 is 4.73 Å². The molecule has 0 aromatic carbocycles. The number of aromatic nitrogens is 1. The number of hydrogen-bond acceptors (Lipinski definition) is 2. The van der Waals surface area contributed by atoms with E-state index in [9.17, 15) is 5.21 Å². The lowest BCUT2D eigenvalue weighted by Crippen LogP contribution is -2.34. The molecular formula is C11H18N2O. The van der Waals surface area contributed by atoms with Gasteiger partial charge < -0.3 is 5.21 Å². The van der Waals surface area contributed by atoms with E-state index in [1.165, 1.54) is 5.56 Å². The van der Waals surface area contributed by atoms with Crippen LogP contribution in [0.25, 0.3) is 0 Å². The molecule has 14 heavy (non-hydrogen) atoms. The van der Waals surface area contributed by atoms with E-state index in [1.54, 1.807) is 6.20 Å². The molecule has 0 atom stereocenters. The molecule has 0 aliphatic heterocycles. The lowest BCUT2D eigenvalue weighted by atomic mass is 10.0. The molecule has 0 bridgehead atoms. The third kappa shape index (κ3) is 2.70. The summed E-state index contributed by atoms with van der Waals surface area (Å²) in [6.45, 7) is 4.94. The Balaban J connectivity index is 2.96. The number of rotatable bonds is 3. The van der Waals surface area contributed by atoms with Crippen LogP contribution in [0.5, 0.6) is 0 Å². The van der Waals surface area contributed by atoms with Gasteiger partial charge in [0.15, 0.2) is 6.20 Å². The molecule has 3 nitrogen and oxygen atoms in total. The van der Waals surface area contributed by atoms with Crippen molar-refractivity contribution in [2.45, 2.75) is 26.3 Å². The molecule has 0 radical (unpaired) electrons. The molecule has 0 fully saturated rings. The smallest absolute Gasteiger partial charge is 0.207 e. The maximum absolute atomic E-state index is 11.4. The van der Waals surface area contributed by atoms with Gasteiger partial charge in [-0.3, -0.25) is 4.90 Å². The van der Waals surface area contributed by atoms with Gasteiger partial charge in [0.05, 0.1) is 6.54 Å². The molecule has 0 amide bonds. The lowest BCUT2D eigenvalue weighted by molar-refractivity contribution is -0.615. The minimum absolute atomic E-state index is 0.470. The molecule has 0 N–H and O–H groups in total. The van der Waals surface area contributed by atoms with Crippen molar-refractivity contribution >= 4 is 0 Å². The van der Waals surface area contributed by atoms with Crippen LogP contribution >= 0.6 is 0 Å². The van der Waals surface area contributed by atoms with E-state index in [0.29, 0.717) is 12.5 Å². The van der Waals surface area contributed by atoms with E-state index < -0.39 is 0 Å². The largest absolute Gasteiger partial charge is 0.618 e. The summed E-state index contributed by atoms with van der Waals surface area (Å²) in [4.78, 5) is 1.99. The molecule has 1 rings (SSSR count). The predicted molar refractivity (Wildman–Crippen MR) is 56.9 cm³/mol. The van der Waals surface area contributed by atoms with Gasteiger partial charge in [-0.1, -0.05) is 13.8 Å². The summed E-state index contributed by atoms with van der Waals surface area (Å²) in [7, 11) is 3.92. The van der Waals surface area contributed by atoms with E-state index in [1.807, 2.05) is 31.1 Å². The van der Waals surface area contributed by atoms with Gasteiger partial charge >= 0.3 is 0 Å². The van der Waals surface area contributed by atoms with Crippen molar-refractivity contribution in [3.63, 3.8) is 0 Å². The Labute approximate surface area is 85.6 Å². The number of hydrogen-bond donors (Lipinski definition) is 0. The average Bonchev–Trinajstić information content (AvgIpc) is 2.07. The van der Waals surface area contributed by atoms with Crippen LogP contribution in [0.2, 0.25) is 0 Å². The van der Waals surface area contributed by atoms with E-state index >= 15 is 0 Å². The van der Waals surface area contributed by atoms with Crippen molar-refractivity contribution in [3.8, 4) is 0 Å². The van der Waals surface area contributed by atoms with Gasteiger partial charge in [-0.2, -0.15) is 4.73 Å². The summed E-state index contributed by atoms with van der Waals surface area (Å²) in [5.41, 5.74) is 2.02. The molecular weight excluding hydrogens is 176 g/mol. The van der Waals surface area contributed by atoms with E-state index in [2.05, 4.69) is 13.8 Å². The minimum atomic E-state index is 0.470. The number of pyridine rings is 1. The maximum atomic E-state index is 11.4. The molecule has 3 heteroatoms. The summed E-state index contributed by atoms with van der Waals surface area (Å²) in [6, 6.07) is 3.87. The first-order valence-corrected chi connectivity index (χ1v) is 4.87. The second-order valence-corrected chi connectivity index (χ2v) is 4.17. The quantitative estimate of drug-likeness (QED) is 0.539. The normalized spacial score (nSPS) is 11.3. The molecule has 0 saturated carbocycles. The molecule has 1 heterocycles. The topological polar surface area (TPSA) is 30.2 Å². The molecule has 0 spiro atoms. The summed E-state index contributed by atoms with van der Waals surface area (Å²) in [6.07, 6.45) is 1.59. The molecule has 1 aromatic rings. The Morgan fingerprint density at radius 3 is 2.57 bits per heavy atom.